The van der Waals surface area contributed by atoms with E-state index in [9.17, 15) is 19.2 Å². The molecule has 0 amide bonds. The Bertz CT molecular complexity index is 424. The highest BCUT2D eigenvalue weighted by Gasteiger charge is 2.48. The third-order valence-electron chi connectivity index (χ3n) is 3.52. The number of allylic oxidation sites excluding steroid dienone is 2. The van der Waals surface area contributed by atoms with Gasteiger partial charge in [-0.1, -0.05) is 6.08 Å². The molecule has 1 spiro atoms. The Morgan fingerprint density at radius 1 is 0.882 bits per heavy atom. The second-order valence-electron chi connectivity index (χ2n) is 4.91. The van der Waals surface area contributed by atoms with Crippen LogP contribution in [0.5, 0.6) is 0 Å². The molecule has 2 fully saturated rings. The highest BCUT2D eigenvalue weighted by molar-refractivity contribution is 6.14. The SMILES string of the molecule is CC=C1C(=O)CC(=O)CC12CC(=O)CC(=O)C2. The van der Waals surface area contributed by atoms with Gasteiger partial charge in [-0.15, -0.1) is 0 Å². The fourth-order valence-electron chi connectivity index (χ4n) is 3.05. The Morgan fingerprint density at radius 3 is 1.82 bits per heavy atom. The second kappa shape index (κ2) is 4.02. The Kier molecular flexibility index (Phi) is 2.81. The van der Waals surface area contributed by atoms with Gasteiger partial charge in [0.05, 0.1) is 12.8 Å². The fraction of sp³-hybridized carbons (Fsp3) is 0.538. The molecule has 2 saturated carbocycles. The van der Waals surface area contributed by atoms with Gasteiger partial charge >= 0.3 is 0 Å². The number of rotatable bonds is 0. The fourth-order valence-corrected chi connectivity index (χ4v) is 3.05. The van der Waals surface area contributed by atoms with Crippen LogP contribution >= 0.6 is 0 Å². The zero-order valence-corrected chi connectivity index (χ0v) is 9.75. The van der Waals surface area contributed by atoms with Crippen molar-refractivity contribution >= 4 is 23.1 Å². The van der Waals surface area contributed by atoms with Gasteiger partial charge < -0.3 is 0 Å². The smallest absolute Gasteiger partial charge is 0.166 e. The highest BCUT2D eigenvalue weighted by atomic mass is 16.2. The van der Waals surface area contributed by atoms with Crippen molar-refractivity contribution in [2.24, 2.45) is 5.41 Å². The molecular weight excluding hydrogens is 220 g/mol. The molecule has 90 valence electrons. The molecule has 0 bridgehead atoms. The van der Waals surface area contributed by atoms with E-state index in [1.54, 1.807) is 13.0 Å². The molecule has 0 saturated heterocycles. The van der Waals surface area contributed by atoms with E-state index in [4.69, 9.17) is 0 Å². The van der Waals surface area contributed by atoms with Gasteiger partial charge in [-0.3, -0.25) is 19.2 Å². The topological polar surface area (TPSA) is 68.3 Å². The largest absolute Gasteiger partial charge is 0.299 e. The van der Waals surface area contributed by atoms with Crippen molar-refractivity contribution in [3.63, 3.8) is 0 Å². The summed E-state index contributed by atoms with van der Waals surface area (Å²) in [7, 11) is 0. The lowest BCUT2D eigenvalue weighted by molar-refractivity contribution is -0.137. The summed E-state index contributed by atoms with van der Waals surface area (Å²) < 4.78 is 0. The molecule has 0 aliphatic heterocycles. The number of carbonyl (C=O) groups excluding carboxylic acids is 4. The Balaban J connectivity index is 2.44. The maximum absolute atomic E-state index is 11.8. The van der Waals surface area contributed by atoms with Gasteiger partial charge in [0.25, 0.3) is 0 Å². The van der Waals surface area contributed by atoms with Crippen molar-refractivity contribution in [1.82, 2.24) is 0 Å². The van der Waals surface area contributed by atoms with Crippen molar-refractivity contribution in [3.05, 3.63) is 11.6 Å². The molecule has 4 nitrogen and oxygen atoms in total. The summed E-state index contributed by atoms with van der Waals surface area (Å²) in [5, 5.41) is 0. The normalized spacial score (nSPS) is 27.0. The summed E-state index contributed by atoms with van der Waals surface area (Å²) in [5.74, 6) is -0.722. The summed E-state index contributed by atoms with van der Waals surface area (Å²) in [6.07, 6.45) is 1.95. The summed E-state index contributed by atoms with van der Waals surface area (Å²) in [5.41, 5.74) is -0.327. The molecule has 4 heteroatoms. The molecule has 0 aromatic rings. The number of hydrogen-bond acceptors (Lipinski definition) is 4. The Labute approximate surface area is 99.1 Å². The van der Waals surface area contributed by atoms with E-state index < -0.39 is 5.41 Å². The van der Waals surface area contributed by atoms with E-state index in [0.717, 1.165) is 0 Å². The molecule has 2 rings (SSSR count). The lowest BCUT2D eigenvalue weighted by atomic mass is 9.61. The zero-order valence-electron chi connectivity index (χ0n) is 9.75. The Hall–Kier alpha value is -1.58. The van der Waals surface area contributed by atoms with Gasteiger partial charge in [0.15, 0.2) is 5.78 Å². The minimum atomic E-state index is -0.826. The lowest BCUT2D eigenvalue weighted by Crippen LogP contribution is -2.43. The molecule has 0 atom stereocenters. The van der Waals surface area contributed by atoms with Crippen LogP contribution in [-0.2, 0) is 19.2 Å². The quantitative estimate of drug-likeness (QED) is 0.466. The van der Waals surface area contributed by atoms with Crippen LogP contribution in [0.4, 0.5) is 0 Å². The molecule has 2 aliphatic rings. The average molecular weight is 234 g/mol. The molecular formula is C13H14O4. The van der Waals surface area contributed by atoms with Gasteiger partial charge in [0.2, 0.25) is 0 Å². The van der Waals surface area contributed by atoms with Crippen LogP contribution < -0.4 is 0 Å². The van der Waals surface area contributed by atoms with Crippen LogP contribution in [0.15, 0.2) is 11.6 Å². The monoisotopic (exact) mass is 234 g/mol. The van der Waals surface area contributed by atoms with Gasteiger partial charge in [-0.25, -0.2) is 0 Å². The first-order valence-corrected chi connectivity index (χ1v) is 5.72. The van der Waals surface area contributed by atoms with Crippen LogP contribution in [0.2, 0.25) is 0 Å². The predicted molar refractivity (Wildman–Crippen MR) is 59.3 cm³/mol. The van der Waals surface area contributed by atoms with Crippen molar-refractivity contribution in [2.45, 2.75) is 39.0 Å². The molecule has 0 N–H and O–H groups in total. The lowest BCUT2D eigenvalue weighted by Gasteiger charge is -2.39. The molecule has 0 radical (unpaired) electrons. The highest BCUT2D eigenvalue weighted by Crippen LogP contribution is 2.46. The van der Waals surface area contributed by atoms with Gasteiger partial charge in [-0.05, 0) is 12.5 Å². The molecule has 2 aliphatic carbocycles. The third-order valence-corrected chi connectivity index (χ3v) is 3.52. The van der Waals surface area contributed by atoms with E-state index in [2.05, 4.69) is 0 Å². The van der Waals surface area contributed by atoms with Crippen LogP contribution in [0.3, 0.4) is 0 Å². The van der Waals surface area contributed by atoms with Crippen LogP contribution in [-0.4, -0.2) is 23.1 Å². The van der Waals surface area contributed by atoms with Crippen molar-refractivity contribution in [2.75, 3.05) is 0 Å². The van der Waals surface area contributed by atoms with Crippen molar-refractivity contribution < 1.29 is 19.2 Å². The first-order chi connectivity index (χ1) is 7.97. The summed E-state index contributed by atoms with van der Waals surface area (Å²) in [6.45, 7) is 1.72. The molecule has 0 heterocycles. The van der Waals surface area contributed by atoms with Gasteiger partial charge in [-0.2, -0.15) is 0 Å². The maximum atomic E-state index is 11.8. The molecule has 17 heavy (non-hydrogen) atoms. The molecule has 0 aromatic heterocycles. The molecule has 0 aromatic carbocycles. The van der Waals surface area contributed by atoms with E-state index in [-0.39, 0.29) is 55.2 Å². The van der Waals surface area contributed by atoms with Crippen LogP contribution in [0.1, 0.15) is 39.0 Å². The number of carbonyl (C=O) groups is 4. The summed E-state index contributed by atoms with van der Waals surface area (Å²) >= 11 is 0. The molecule has 0 unspecified atom stereocenters. The average Bonchev–Trinajstić information content (AvgIpc) is 2.13. The minimum Gasteiger partial charge on any atom is -0.299 e. The zero-order chi connectivity index (χ0) is 12.6. The predicted octanol–water partition coefficient (Wildman–Crippen LogP) is 1.17. The standard InChI is InChI=1S/C13H14O4/c1-2-11-12(17)4-10(16)7-13(11)5-8(14)3-9(15)6-13/h2H,3-7H2,1H3. The number of Topliss-reactive ketones (excluding diaryl/α,β-unsaturated/α-hetero) is 4. The number of ketones is 4. The minimum absolute atomic E-state index is 0.0544. The second-order valence-corrected chi connectivity index (χ2v) is 4.91. The van der Waals surface area contributed by atoms with Crippen molar-refractivity contribution in [1.29, 1.82) is 0 Å². The Morgan fingerprint density at radius 2 is 1.35 bits per heavy atom. The van der Waals surface area contributed by atoms with Crippen molar-refractivity contribution in [3.8, 4) is 0 Å². The van der Waals surface area contributed by atoms with Gasteiger partial charge in [0.1, 0.15) is 17.3 Å². The van der Waals surface area contributed by atoms with Crippen LogP contribution in [0, 0.1) is 5.41 Å². The summed E-state index contributed by atoms with van der Waals surface area (Å²) in [4.78, 5) is 46.5. The third kappa shape index (κ3) is 1.99. The first kappa shape index (κ1) is 11.9. The van der Waals surface area contributed by atoms with E-state index in [1.165, 1.54) is 0 Å². The maximum Gasteiger partial charge on any atom is 0.166 e. The van der Waals surface area contributed by atoms with E-state index >= 15 is 0 Å². The van der Waals surface area contributed by atoms with Crippen LogP contribution in [0.25, 0.3) is 0 Å². The van der Waals surface area contributed by atoms with Gasteiger partial charge in [0, 0.05) is 24.7 Å². The first-order valence-electron chi connectivity index (χ1n) is 5.72. The number of hydrogen-bond donors (Lipinski definition) is 0. The summed E-state index contributed by atoms with van der Waals surface area (Å²) in [6, 6.07) is 0. The van der Waals surface area contributed by atoms with E-state index in [1.807, 2.05) is 0 Å². The van der Waals surface area contributed by atoms with E-state index in [0.29, 0.717) is 5.57 Å².